The Kier molecular flexibility index (Phi) is 11.5. The van der Waals surface area contributed by atoms with Crippen molar-refractivity contribution in [3.05, 3.63) is 53.8 Å². The summed E-state index contributed by atoms with van der Waals surface area (Å²) in [5.41, 5.74) is 2.93. The molecule has 0 radical (unpaired) electrons. The van der Waals surface area contributed by atoms with E-state index in [-0.39, 0.29) is 45.5 Å². The Morgan fingerprint density at radius 1 is 1.20 bits per heavy atom. The van der Waals surface area contributed by atoms with Crippen LogP contribution in [0.25, 0.3) is 4.85 Å². The topological polar surface area (TPSA) is 91.5 Å². The summed E-state index contributed by atoms with van der Waals surface area (Å²) in [7, 11) is 3.79. The molecule has 0 unspecified atom stereocenters. The number of rotatable bonds is 8. The maximum Gasteiger partial charge on any atom is 0.318 e. The standard InChI is InChI=1S/C28H36N8O3.2H2S/c1-5-26(37)36-14-13-35(17-21(36)15-29-2)27-22-9-12-34(24-16-30-10-8-25(24)38-4)18-23(22)31-28(32-27)39-19-20-7-6-11-33(20)3;;/h5,8,10,16,20-21H,1,6-7,9,11-15,17-19H2,3-4H3;2*1H2/t20-,21-;;/m0../s1. The van der Waals surface area contributed by atoms with Gasteiger partial charge in [0.1, 0.15) is 24.2 Å². The number of amides is 1. The lowest BCUT2D eigenvalue weighted by molar-refractivity contribution is -0.128. The molecule has 11 nitrogen and oxygen atoms in total. The van der Waals surface area contributed by atoms with Crippen LogP contribution in [0.15, 0.2) is 31.1 Å². The molecule has 0 bridgehead atoms. The number of carbonyl (C=O) groups excluding carboxylic acids is 1. The summed E-state index contributed by atoms with van der Waals surface area (Å²) >= 11 is 0. The van der Waals surface area contributed by atoms with Gasteiger partial charge >= 0.3 is 6.01 Å². The van der Waals surface area contributed by atoms with E-state index in [9.17, 15) is 4.79 Å². The Morgan fingerprint density at radius 2 is 2.02 bits per heavy atom. The van der Waals surface area contributed by atoms with Crippen LogP contribution in [0.3, 0.4) is 0 Å². The van der Waals surface area contributed by atoms with Crippen LogP contribution in [-0.4, -0.2) is 103 Å². The Morgan fingerprint density at radius 3 is 2.73 bits per heavy atom. The number of hydrogen-bond acceptors (Lipinski definition) is 9. The molecule has 2 saturated heterocycles. The third-order valence-corrected chi connectivity index (χ3v) is 7.96. The molecule has 1 amide bonds. The van der Waals surface area contributed by atoms with Gasteiger partial charge in [0.2, 0.25) is 12.5 Å². The number of anilines is 2. The lowest BCUT2D eigenvalue weighted by atomic mass is 10.0. The predicted octanol–water partition coefficient (Wildman–Crippen LogP) is 2.26. The number of piperazine rings is 1. The van der Waals surface area contributed by atoms with E-state index in [1.807, 2.05) is 12.3 Å². The molecule has 0 saturated carbocycles. The Labute approximate surface area is 256 Å². The number of methoxy groups -OCH3 is 1. The first-order valence-electron chi connectivity index (χ1n) is 13.5. The fraction of sp³-hybridized carbons (Fsp3) is 0.536. The van der Waals surface area contributed by atoms with Crippen molar-refractivity contribution in [2.75, 3.05) is 69.8 Å². The molecule has 0 aliphatic carbocycles. The lowest BCUT2D eigenvalue weighted by Crippen LogP contribution is -2.56. The Hall–Kier alpha value is -3.21. The van der Waals surface area contributed by atoms with Crippen LogP contribution >= 0.6 is 27.0 Å². The number of ether oxygens (including phenoxy) is 2. The SMILES string of the molecule is S.S.[C-]#[N+]C[C@H]1CN(c2nc(OC[C@@H]3CCCN3C)nc3c2CCN(c2cnccc2OC)C3)CCN1C(=O)C=C. The molecular formula is C28H40N8O3S2. The number of hydrogen-bond donors (Lipinski definition) is 0. The van der Waals surface area contributed by atoms with Crippen molar-refractivity contribution in [1.82, 2.24) is 24.8 Å². The second-order valence-corrected chi connectivity index (χ2v) is 10.2. The number of likely N-dealkylation sites (N-methyl/N-ethyl adjacent to an activating group) is 1. The highest BCUT2D eigenvalue weighted by atomic mass is 32.1. The minimum Gasteiger partial charge on any atom is -0.494 e. The van der Waals surface area contributed by atoms with Gasteiger partial charge in [-0.25, -0.2) is 6.57 Å². The van der Waals surface area contributed by atoms with Gasteiger partial charge in [-0.2, -0.15) is 37.0 Å². The zero-order chi connectivity index (χ0) is 27.4. The van der Waals surface area contributed by atoms with Gasteiger partial charge in [0.05, 0.1) is 31.2 Å². The van der Waals surface area contributed by atoms with Crippen molar-refractivity contribution in [2.24, 2.45) is 0 Å². The minimum absolute atomic E-state index is 0. The molecule has 0 aromatic carbocycles. The summed E-state index contributed by atoms with van der Waals surface area (Å²) in [6.45, 7) is 15.9. The van der Waals surface area contributed by atoms with Crippen molar-refractivity contribution >= 4 is 44.4 Å². The molecule has 5 heterocycles. The zero-order valence-electron chi connectivity index (χ0n) is 23.8. The van der Waals surface area contributed by atoms with Crippen molar-refractivity contribution < 1.29 is 14.3 Å². The fourth-order valence-electron chi connectivity index (χ4n) is 5.78. The summed E-state index contributed by atoms with van der Waals surface area (Å²) < 4.78 is 11.8. The van der Waals surface area contributed by atoms with E-state index in [1.54, 1.807) is 18.2 Å². The van der Waals surface area contributed by atoms with Gasteiger partial charge in [0, 0.05) is 50.0 Å². The molecule has 5 rings (SSSR count). The number of carbonyl (C=O) groups is 1. The second-order valence-electron chi connectivity index (χ2n) is 10.2. The third kappa shape index (κ3) is 6.99. The molecule has 13 heteroatoms. The smallest absolute Gasteiger partial charge is 0.318 e. The molecular weight excluding hydrogens is 560 g/mol. The van der Waals surface area contributed by atoms with Gasteiger partial charge in [-0.3, -0.25) is 9.78 Å². The molecule has 222 valence electrons. The van der Waals surface area contributed by atoms with Gasteiger partial charge in [0.25, 0.3) is 0 Å². The van der Waals surface area contributed by atoms with Crippen LogP contribution in [0.1, 0.15) is 24.1 Å². The maximum atomic E-state index is 12.5. The van der Waals surface area contributed by atoms with Crippen molar-refractivity contribution in [2.45, 2.75) is 37.9 Å². The van der Waals surface area contributed by atoms with E-state index in [2.05, 4.69) is 38.2 Å². The minimum atomic E-state index is -0.233. The number of nitrogens with zero attached hydrogens (tertiary/aromatic N) is 8. The summed E-state index contributed by atoms with van der Waals surface area (Å²) in [6.07, 6.45) is 7.88. The largest absolute Gasteiger partial charge is 0.494 e. The molecule has 2 fully saturated rings. The average Bonchev–Trinajstić information content (AvgIpc) is 3.39. The molecule has 2 aromatic heterocycles. The van der Waals surface area contributed by atoms with Crippen molar-refractivity contribution in [1.29, 1.82) is 0 Å². The van der Waals surface area contributed by atoms with Gasteiger partial charge in [0.15, 0.2) is 0 Å². The fourth-order valence-corrected chi connectivity index (χ4v) is 5.78. The molecule has 3 aliphatic rings. The first-order valence-corrected chi connectivity index (χ1v) is 13.5. The maximum absolute atomic E-state index is 12.5. The van der Waals surface area contributed by atoms with Gasteiger partial charge in [-0.1, -0.05) is 6.58 Å². The van der Waals surface area contributed by atoms with Gasteiger partial charge in [-0.15, -0.1) is 0 Å². The van der Waals surface area contributed by atoms with E-state index in [1.165, 1.54) is 12.5 Å². The van der Waals surface area contributed by atoms with Gasteiger partial charge in [-0.05, 0) is 38.9 Å². The first-order chi connectivity index (χ1) is 19.0. The number of pyridine rings is 1. The van der Waals surface area contributed by atoms with Crippen molar-refractivity contribution in [3.63, 3.8) is 0 Å². The van der Waals surface area contributed by atoms with E-state index in [0.717, 1.165) is 54.4 Å². The normalized spacial score (nSPS) is 20.3. The van der Waals surface area contributed by atoms with E-state index < -0.39 is 0 Å². The Bertz CT molecular complexity index is 1260. The monoisotopic (exact) mass is 600 g/mol. The summed E-state index contributed by atoms with van der Waals surface area (Å²) in [6, 6.07) is 2.35. The number of aromatic nitrogens is 3. The zero-order valence-corrected chi connectivity index (χ0v) is 25.8. The molecule has 0 spiro atoms. The summed E-state index contributed by atoms with van der Waals surface area (Å²) in [5.74, 6) is 1.47. The highest BCUT2D eigenvalue weighted by Gasteiger charge is 2.35. The highest BCUT2D eigenvalue weighted by molar-refractivity contribution is 7.59. The van der Waals surface area contributed by atoms with Crippen LogP contribution in [0.4, 0.5) is 11.5 Å². The van der Waals surface area contributed by atoms with Crippen LogP contribution in [0, 0.1) is 6.57 Å². The first kappa shape index (κ1) is 32.3. The van der Waals surface area contributed by atoms with E-state index in [0.29, 0.717) is 44.8 Å². The van der Waals surface area contributed by atoms with Crippen LogP contribution in [0.2, 0.25) is 0 Å². The van der Waals surface area contributed by atoms with Crippen LogP contribution < -0.4 is 19.3 Å². The van der Waals surface area contributed by atoms with Crippen LogP contribution in [0.5, 0.6) is 11.8 Å². The molecule has 41 heavy (non-hydrogen) atoms. The van der Waals surface area contributed by atoms with Crippen LogP contribution in [-0.2, 0) is 17.8 Å². The summed E-state index contributed by atoms with van der Waals surface area (Å²) in [5, 5.41) is 0. The predicted molar refractivity (Wildman–Crippen MR) is 169 cm³/mol. The highest BCUT2D eigenvalue weighted by Crippen LogP contribution is 2.35. The van der Waals surface area contributed by atoms with Gasteiger partial charge < -0.3 is 33.9 Å². The number of fused-ring (bicyclic) bond motifs is 1. The quantitative estimate of drug-likeness (QED) is 0.334. The van der Waals surface area contributed by atoms with E-state index >= 15 is 0 Å². The molecule has 3 aliphatic heterocycles. The molecule has 0 N–H and O–H groups in total. The van der Waals surface area contributed by atoms with E-state index in [4.69, 9.17) is 26.0 Å². The average molecular weight is 601 g/mol. The Balaban J connectivity index is 0.00000231. The molecule has 2 atom stereocenters. The molecule has 2 aromatic rings. The van der Waals surface area contributed by atoms with Crippen molar-refractivity contribution in [3.8, 4) is 11.8 Å². The third-order valence-electron chi connectivity index (χ3n) is 7.96. The second kappa shape index (κ2) is 14.6. The lowest BCUT2D eigenvalue weighted by Gasteiger charge is -2.41. The number of likely N-dealkylation sites (tertiary alicyclic amines) is 1. The summed E-state index contributed by atoms with van der Waals surface area (Å²) in [4.78, 5) is 38.7.